The summed E-state index contributed by atoms with van der Waals surface area (Å²) in [6.07, 6.45) is -4.86. The summed E-state index contributed by atoms with van der Waals surface area (Å²) in [4.78, 5) is 29.2. The Morgan fingerprint density at radius 3 is 2.70 bits per heavy atom. The topological polar surface area (TPSA) is 96.7 Å². The van der Waals surface area contributed by atoms with Gasteiger partial charge in [-0.2, -0.15) is 0 Å². The molecule has 23 heavy (non-hydrogen) atoms. The minimum atomic E-state index is -4.86. The lowest BCUT2D eigenvalue weighted by Crippen LogP contribution is -2.17. The van der Waals surface area contributed by atoms with Crippen molar-refractivity contribution in [2.24, 2.45) is 0 Å². The lowest BCUT2D eigenvalue weighted by atomic mass is 10.2. The van der Waals surface area contributed by atoms with Gasteiger partial charge in [0.25, 0.3) is 5.56 Å². The summed E-state index contributed by atoms with van der Waals surface area (Å²) < 4.78 is 41.8. The zero-order valence-corrected chi connectivity index (χ0v) is 11.4. The fraction of sp³-hybridized carbons (Fsp3) is 0.154. The molecule has 1 aromatic carbocycles. The number of alkyl halides is 3. The van der Waals surface area contributed by atoms with E-state index in [1.807, 2.05) is 0 Å². The summed E-state index contributed by atoms with van der Waals surface area (Å²) in [6, 6.07) is 3.34. The molecule has 0 fully saturated rings. The van der Waals surface area contributed by atoms with Gasteiger partial charge in [-0.1, -0.05) is 0 Å². The van der Waals surface area contributed by atoms with Crippen molar-refractivity contribution in [3.63, 3.8) is 0 Å². The number of hydrogen-bond donors (Lipinski definition) is 2. The number of rotatable bonds is 2. The van der Waals surface area contributed by atoms with Crippen molar-refractivity contribution in [1.82, 2.24) is 14.4 Å². The highest BCUT2D eigenvalue weighted by molar-refractivity contribution is 5.89. The van der Waals surface area contributed by atoms with Crippen LogP contribution in [-0.4, -0.2) is 31.8 Å². The molecule has 10 heteroatoms. The number of carboxylic acids is 1. The first-order valence-electron chi connectivity index (χ1n) is 6.21. The van der Waals surface area contributed by atoms with Gasteiger partial charge in [0.1, 0.15) is 5.75 Å². The van der Waals surface area contributed by atoms with E-state index < -0.39 is 23.6 Å². The maximum absolute atomic E-state index is 12.3. The summed E-state index contributed by atoms with van der Waals surface area (Å²) in [7, 11) is 0. The van der Waals surface area contributed by atoms with Crippen molar-refractivity contribution >= 4 is 22.6 Å². The fourth-order valence-corrected chi connectivity index (χ4v) is 2.34. The molecule has 0 amide bonds. The average Bonchev–Trinajstić information content (AvgIpc) is 2.76. The number of carboxylic acid groups (broad SMARTS) is 1. The molecule has 0 bridgehead atoms. The molecule has 0 unspecified atom stereocenters. The van der Waals surface area contributed by atoms with Gasteiger partial charge < -0.3 is 14.8 Å². The molecule has 2 aromatic heterocycles. The zero-order chi connectivity index (χ0) is 16.9. The lowest BCUT2D eigenvalue weighted by molar-refractivity contribution is -0.274. The number of aryl methyl sites for hydroxylation is 1. The van der Waals surface area contributed by atoms with Gasteiger partial charge in [-0.05, 0) is 19.1 Å². The number of nitrogens with zero attached hydrogens (tertiary/aromatic N) is 2. The second-order valence-electron chi connectivity index (χ2n) is 4.69. The maximum Gasteiger partial charge on any atom is 0.573 e. The molecule has 2 heterocycles. The van der Waals surface area contributed by atoms with Crippen LogP contribution < -0.4 is 10.3 Å². The first-order valence-corrected chi connectivity index (χ1v) is 6.21. The molecular formula is C13H8F3N3O4. The Kier molecular flexibility index (Phi) is 3.06. The molecule has 0 aliphatic rings. The van der Waals surface area contributed by atoms with Crippen LogP contribution in [0.3, 0.4) is 0 Å². The predicted molar refractivity (Wildman–Crippen MR) is 71.7 cm³/mol. The van der Waals surface area contributed by atoms with Crippen molar-refractivity contribution in [3.8, 4) is 5.75 Å². The van der Waals surface area contributed by atoms with E-state index in [9.17, 15) is 22.8 Å². The van der Waals surface area contributed by atoms with Crippen LogP contribution in [0.15, 0.2) is 23.0 Å². The Morgan fingerprint density at radius 1 is 1.39 bits per heavy atom. The van der Waals surface area contributed by atoms with Crippen LogP contribution in [0.1, 0.15) is 16.2 Å². The monoisotopic (exact) mass is 327 g/mol. The second kappa shape index (κ2) is 4.73. The molecule has 0 aliphatic heterocycles. The molecule has 7 nitrogen and oxygen atoms in total. The highest BCUT2D eigenvalue weighted by Gasteiger charge is 2.31. The lowest BCUT2D eigenvalue weighted by Gasteiger charge is -2.10. The molecule has 2 N–H and O–H groups in total. The number of halogens is 3. The normalized spacial score (nSPS) is 12.0. The van der Waals surface area contributed by atoms with Gasteiger partial charge in [-0.15, -0.1) is 13.2 Å². The molecule has 0 spiro atoms. The Hall–Kier alpha value is -3.04. The maximum atomic E-state index is 12.3. The number of benzene rings is 1. The van der Waals surface area contributed by atoms with Crippen LogP contribution in [0.5, 0.6) is 5.75 Å². The van der Waals surface area contributed by atoms with E-state index >= 15 is 0 Å². The van der Waals surface area contributed by atoms with Gasteiger partial charge in [0.2, 0.25) is 5.65 Å². The fourth-order valence-electron chi connectivity index (χ4n) is 2.34. The number of nitrogens with one attached hydrogen (secondary N) is 1. The van der Waals surface area contributed by atoms with Gasteiger partial charge in [-0.25, -0.2) is 9.78 Å². The minimum Gasteiger partial charge on any atom is -0.476 e. The molecule has 0 aliphatic carbocycles. The summed E-state index contributed by atoms with van der Waals surface area (Å²) in [5.41, 5.74) is -0.644. The zero-order valence-electron chi connectivity index (χ0n) is 11.4. The van der Waals surface area contributed by atoms with Crippen molar-refractivity contribution in [1.29, 1.82) is 0 Å². The first kappa shape index (κ1) is 14.9. The highest BCUT2D eigenvalue weighted by atomic mass is 19.4. The largest absolute Gasteiger partial charge is 0.573 e. The summed E-state index contributed by atoms with van der Waals surface area (Å²) in [6.45, 7) is 1.45. The number of imidazole rings is 1. The van der Waals surface area contributed by atoms with E-state index in [4.69, 9.17) is 5.11 Å². The second-order valence-corrected chi connectivity index (χ2v) is 4.69. The molecule has 0 atom stereocenters. The van der Waals surface area contributed by atoms with Gasteiger partial charge >= 0.3 is 12.3 Å². The summed E-state index contributed by atoms with van der Waals surface area (Å²) in [5, 5.41) is 9.07. The van der Waals surface area contributed by atoms with E-state index in [-0.39, 0.29) is 22.6 Å². The summed E-state index contributed by atoms with van der Waals surface area (Å²) >= 11 is 0. The Bertz CT molecular complexity index is 1000. The van der Waals surface area contributed by atoms with Crippen LogP contribution in [0.4, 0.5) is 13.2 Å². The smallest absolute Gasteiger partial charge is 0.476 e. The number of ether oxygens (including phenoxy) is 1. The number of H-pyrrole nitrogens is 1. The van der Waals surface area contributed by atoms with Crippen molar-refractivity contribution in [2.45, 2.75) is 13.3 Å². The standard InChI is InChI=1S/C13H8F3N3O4/c1-5-9(12(21)22)18-10-11(20)17-7-4-6(23-13(14,15)16)2-3-8(7)19(5)10/h2-4H,1H3,(H,17,20)(H,21,22). The third kappa shape index (κ3) is 2.47. The van der Waals surface area contributed by atoms with Gasteiger partial charge in [-0.3, -0.25) is 9.20 Å². The third-order valence-corrected chi connectivity index (χ3v) is 3.20. The van der Waals surface area contributed by atoms with Crippen LogP contribution >= 0.6 is 0 Å². The predicted octanol–water partition coefficient (Wildman–Crippen LogP) is 2.08. The van der Waals surface area contributed by atoms with E-state index in [0.717, 1.165) is 12.1 Å². The Balaban J connectivity index is 2.32. The number of fused-ring (bicyclic) bond motifs is 3. The Morgan fingerprint density at radius 2 is 2.09 bits per heavy atom. The molecule has 3 aromatic rings. The number of aromatic amines is 1. The molecule has 0 saturated carbocycles. The molecular weight excluding hydrogens is 319 g/mol. The number of carbonyl (C=O) groups is 1. The first-order chi connectivity index (χ1) is 10.7. The van der Waals surface area contributed by atoms with E-state index in [0.29, 0.717) is 5.52 Å². The van der Waals surface area contributed by atoms with Crippen LogP contribution in [0, 0.1) is 6.92 Å². The van der Waals surface area contributed by atoms with Gasteiger partial charge in [0.15, 0.2) is 5.69 Å². The van der Waals surface area contributed by atoms with Gasteiger partial charge in [0.05, 0.1) is 16.7 Å². The SMILES string of the molecule is Cc1c(C(=O)O)nc2c(=O)[nH]c3cc(OC(F)(F)F)ccc3n12. The van der Waals surface area contributed by atoms with Crippen LogP contribution in [-0.2, 0) is 0 Å². The molecule has 0 radical (unpaired) electrons. The molecule has 0 saturated heterocycles. The van der Waals surface area contributed by atoms with Crippen molar-refractivity contribution in [2.75, 3.05) is 0 Å². The molecule has 120 valence electrons. The summed E-state index contributed by atoms with van der Waals surface area (Å²) in [5.74, 6) is -1.81. The number of hydrogen-bond acceptors (Lipinski definition) is 4. The number of aromatic nitrogens is 3. The molecule has 3 rings (SSSR count). The van der Waals surface area contributed by atoms with Crippen molar-refractivity contribution in [3.05, 3.63) is 39.9 Å². The average molecular weight is 327 g/mol. The van der Waals surface area contributed by atoms with Gasteiger partial charge in [0, 0.05) is 6.07 Å². The quantitative estimate of drug-likeness (QED) is 0.751. The van der Waals surface area contributed by atoms with E-state index in [2.05, 4.69) is 14.7 Å². The van der Waals surface area contributed by atoms with E-state index in [1.165, 1.54) is 17.4 Å². The highest BCUT2D eigenvalue weighted by Crippen LogP contribution is 2.26. The number of aromatic carboxylic acids is 1. The van der Waals surface area contributed by atoms with E-state index in [1.54, 1.807) is 0 Å². The van der Waals surface area contributed by atoms with Crippen molar-refractivity contribution < 1.29 is 27.8 Å². The Labute approximate surface area is 124 Å². The van der Waals surface area contributed by atoms with Crippen LogP contribution in [0.2, 0.25) is 0 Å². The minimum absolute atomic E-state index is 0.0571. The van der Waals surface area contributed by atoms with Crippen LogP contribution in [0.25, 0.3) is 16.7 Å². The third-order valence-electron chi connectivity index (χ3n) is 3.20.